The molecule has 13 nitrogen and oxygen atoms in total. The van der Waals surface area contributed by atoms with E-state index >= 15 is 8.78 Å². The lowest BCUT2D eigenvalue weighted by molar-refractivity contribution is -0.202. The minimum atomic E-state index is -4.64. The molecule has 1 aliphatic rings. The molecule has 1 unspecified atom stereocenters. The van der Waals surface area contributed by atoms with Crippen molar-refractivity contribution in [3.63, 3.8) is 0 Å². The van der Waals surface area contributed by atoms with Crippen LogP contribution in [0.15, 0.2) is 48.8 Å². The number of fused-ring (bicyclic) bond motifs is 2. The second-order valence-electron chi connectivity index (χ2n) is 11.1. The van der Waals surface area contributed by atoms with E-state index in [1.165, 1.54) is 19.3 Å². The third-order valence-electron chi connectivity index (χ3n) is 7.32. The Labute approximate surface area is 258 Å². The lowest BCUT2D eigenvalue weighted by Gasteiger charge is -2.28. The zero-order valence-corrected chi connectivity index (χ0v) is 26.5. The van der Waals surface area contributed by atoms with Gasteiger partial charge in [0.15, 0.2) is 35.0 Å². The SMILES string of the molecule is CCOC(=O)[C@H](C)NP(=O)(OC[C@@]1(F)O[C@@H](n2cnc3c(N(C)C)nc(C)nc32)[C@](C)(F)[C@@H]1O)Oc1cccc2ccccc12. The molecule has 0 amide bonds. The maximum absolute atomic E-state index is 16.5. The van der Waals surface area contributed by atoms with Gasteiger partial charge in [-0.05, 0) is 39.1 Å². The molecular formula is C29H35F2N6O7P. The molecule has 4 aromatic rings. The molecule has 1 saturated heterocycles. The number of hydrogen-bond acceptors (Lipinski definition) is 11. The number of esters is 1. The van der Waals surface area contributed by atoms with Crippen molar-refractivity contribution in [1.82, 2.24) is 24.6 Å². The molecule has 45 heavy (non-hydrogen) atoms. The third-order valence-corrected chi connectivity index (χ3v) is 8.93. The van der Waals surface area contributed by atoms with E-state index in [1.807, 2.05) is 0 Å². The minimum Gasteiger partial charge on any atom is -0.465 e. The number of rotatable bonds is 11. The predicted octanol–water partition coefficient (Wildman–Crippen LogP) is 4.38. The van der Waals surface area contributed by atoms with Crippen LogP contribution in [0.1, 0.15) is 32.8 Å². The lowest BCUT2D eigenvalue weighted by atomic mass is 9.97. The van der Waals surface area contributed by atoms with Crippen LogP contribution < -0.4 is 14.5 Å². The van der Waals surface area contributed by atoms with Crippen LogP contribution in [0.3, 0.4) is 0 Å². The van der Waals surface area contributed by atoms with Crippen LogP contribution in [0, 0.1) is 6.92 Å². The van der Waals surface area contributed by atoms with E-state index in [0.717, 1.165) is 16.9 Å². The number of ether oxygens (including phenoxy) is 2. The molecule has 0 aliphatic carbocycles. The molecule has 0 spiro atoms. The smallest absolute Gasteiger partial charge is 0.459 e. The monoisotopic (exact) mass is 648 g/mol. The van der Waals surface area contributed by atoms with Gasteiger partial charge in [0.25, 0.3) is 5.85 Å². The van der Waals surface area contributed by atoms with Gasteiger partial charge < -0.3 is 24.0 Å². The first-order valence-corrected chi connectivity index (χ1v) is 15.7. The fourth-order valence-corrected chi connectivity index (χ4v) is 6.60. The molecule has 3 heterocycles. The molecule has 0 saturated carbocycles. The standard InChI is InChI=1S/C29H35F2N6O7P/c1-7-41-25(38)17(2)35-45(40,44-21-14-10-12-19-11-8-9-13-20(19)21)42-15-29(31)26(39)28(4,30)27(43-29)37-16-32-22-23(36(5)6)33-18(3)34-24(22)37/h8-14,16-17,26-27,39H,7,15H2,1-6H3,(H,35,40)/t17-,26-,27+,28+,29+,45?/m0/s1. The molecular weight excluding hydrogens is 613 g/mol. The molecule has 5 rings (SSSR count). The first kappa shape index (κ1) is 32.6. The highest BCUT2D eigenvalue weighted by Crippen LogP contribution is 2.52. The van der Waals surface area contributed by atoms with Crippen molar-refractivity contribution in [2.75, 3.05) is 32.2 Å². The maximum Gasteiger partial charge on any atom is 0.459 e. The van der Waals surface area contributed by atoms with Crippen molar-refractivity contribution in [3.05, 3.63) is 54.6 Å². The van der Waals surface area contributed by atoms with Crippen LogP contribution >= 0.6 is 7.75 Å². The van der Waals surface area contributed by atoms with E-state index in [-0.39, 0.29) is 18.0 Å². The number of aliphatic hydroxyl groups excluding tert-OH is 1. The number of carbonyl (C=O) groups excluding carboxylic acids is 1. The Kier molecular flexibility index (Phi) is 8.86. The first-order chi connectivity index (χ1) is 21.2. The van der Waals surface area contributed by atoms with Crippen molar-refractivity contribution in [3.8, 4) is 5.75 Å². The Morgan fingerprint density at radius 3 is 2.64 bits per heavy atom. The average molecular weight is 649 g/mol. The molecule has 0 bridgehead atoms. The Morgan fingerprint density at radius 1 is 1.22 bits per heavy atom. The summed E-state index contributed by atoms with van der Waals surface area (Å²) in [5.41, 5.74) is -2.29. The van der Waals surface area contributed by atoms with E-state index in [0.29, 0.717) is 22.5 Å². The number of carbonyl (C=O) groups is 1. The molecule has 16 heteroatoms. The number of halogens is 2. The number of aryl methyl sites for hydroxylation is 1. The van der Waals surface area contributed by atoms with Gasteiger partial charge in [0.2, 0.25) is 0 Å². The number of imidazole rings is 1. The third kappa shape index (κ3) is 6.23. The first-order valence-electron chi connectivity index (χ1n) is 14.2. The fraction of sp³-hybridized carbons (Fsp3) is 0.448. The second kappa shape index (κ2) is 12.2. The predicted molar refractivity (Wildman–Crippen MR) is 161 cm³/mol. The summed E-state index contributed by atoms with van der Waals surface area (Å²) in [4.78, 5) is 27.1. The molecule has 0 radical (unpaired) electrons. The number of anilines is 1. The number of benzene rings is 2. The van der Waals surface area contributed by atoms with Gasteiger partial charge in [-0.3, -0.25) is 13.9 Å². The van der Waals surface area contributed by atoms with E-state index in [9.17, 15) is 14.5 Å². The van der Waals surface area contributed by atoms with E-state index in [2.05, 4.69) is 20.0 Å². The van der Waals surface area contributed by atoms with Crippen molar-refractivity contribution >= 4 is 41.5 Å². The second-order valence-corrected chi connectivity index (χ2v) is 12.8. The molecule has 2 aromatic heterocycles. The van der Waals surface area contributed by atoms with Gasteiger partial charge in [0.1, 0.15) is 24.2 Å². The molecule has 1 fully saturated rings. The molecule has 6 atom stereocenters. The van der Waals surface area contributed by atoms with Crippen LogP contribution in [0.25, 0.3) is 21.9 Å². The van der Waals surface area contributed by atoms with Gasteiger partial charge >= 0.3 is 13.7 Å². The van der Waals surface area contributed by atoms with Crippen molar-refractivity contribution in [2.45, 2.75) is 57.6 Å². The zero-order chi connectivity index (χ0) is 32.7. The van der Waals surface area contributed by atoms with Crippen LogP contribution in [-0.4, -0.2) is 81.6 Å². The summed E-state index contributed by atoms with van der Waals surface area (Å²) in [6.45, 7) is 4.35. The van der Waals surface area contributed by atoms with Crippen LogP contribution in [0.5, 0.6) is 5.75 Å². The largest absolute Gasteiger partial charge is 0.465 e. The van der Waals surface area contributed by atoms with Crippen LogP contribution in [-0.2, 0) is 23.4 Å². The summed E-state index contributed by atoms with van der Waals surface area (Å²) in [6, 6.07) is 10.8. The lowest BCUT2D eigenvalue weighted by Crippen LogP contribution is -2.47. The highest BCUT2D eigenvalue weighted by Gasteiger charge is 2.65. The Morgan fingerprint density at radius 2 is 1.93 bits per heavy atom. The number of nitrogens with one attached hydrogen (secondary N) is 1. The van der Waals surface area contributed by atoms with Crippen molar-refractivity contribution in [1.29, 1.82) is 0 Å². The fourth-order valence-electron chi connectivity index (χ4n) is 5.08. The number of alkyl halides is 2. The number of nitrogens with zero attached hydrogens (tertiary/aromatic N) is 5. The summed E-state index contributed by atoms with van der Waals surface area (Å²) in [5, 5.41) is 14.7. The highest BCUT2D eigenvalue weighted by molar-refractivity contribution is 7.52. The van der Waals surface area contributed by atoms with Gasteiger partial charge in [0, 0.05) is 19.5 Å². The van der Waals surface area contributed by atoms with Crippen molar-refractivity contribution < 1.29 is 41.8 Å². The van der Waals surface area contributed by atoms with Crippen molar-refractivity contribution in [2.24, 2.45) is 0 Å². The summed E-state index contributed by atoms with van der Waals surface area (Å²) >= 11 is 0. The summed E-state index contributed by atoms with van der Waals surface area (Å²) in [7, 11) is -1.15. The minimum absolute atomic E-state index is 0.0493. The Balaban J connectivity index is 1.46. The van der Waals surface area contributed by atoms with Gasteiger partial charge in [-0.15, -0.1) is 0 Å². The summed E-state index contributed by atoms with van der Waals surface area (Å²) in [5.74, 6) is -3.11. The average Bonchev–Trinajstić information content (AvgIpc) is 3.48. The molecule has 1 aliphatic heterocycles. The molecule has 242 valence electrons. The normalized spacial score (nSPS) is 25.3. The van der Waals surface area contributed by atoms with E-state index in [1.54, 1.807) is 69.2 Å². The summed E-state index contributed by atoms with van der Waals surface area (Å²) in [6.07, 6.45) is -2.97. The Bertz CT molecular complexity index is 1770. The van der Waals surface area contributed by atoms with E-state index in [4.69, 9.17) is 18.5 Å². The Hall–Kier alpha value is -3.75. The quantitative estimate of drug-likeness (QED) is 0.176. The van der Waals surface area contributed by atoms with Gasteiger partial charge in [-0.25, -0.2) is 28.3 Å². The molecule has 2 N–H and O–H groups in total. The number of hydrogen-bond donors (Lipinski definition) is 2. The van der Waals surface area contributed by atoms with E-state index < -0.39 is 50.2 Å². The summed E-state index contributed by atoms with van der Waals surface area (Å²) < 4.78 is 69.7. The van der Waals surface area contributed by atoms with Gasteiger partial charge in [-0.2, -0.15) is 5.09 Å². The van der Waals surface area contributed by atoms with Crippen LogP contribution in [0.2, 0.25) is 0 Å². The van der Waals surface area contributed by atoms with Crippen LogP contribution in [0.4, 0.5) is 14.6 Å². The molecule has 2 aromatic carbocycles. The van der Waals surface area contributed by atoms with Gasteiger partial charge in [0.05, 0.1) is 12.9 Å². The zero-order valence-electron chi connectivity index (χ0n) is 25.6. The topological polar surface area (TPSA) is 150 Å². The number of aliphatic hydroxyl groups is 1. The number of aromatic nitrogens is 4. The van der Waals surface area contributed by atoms with Gasteiger partial charge in [-0.1, -0.05) is 36.4 Å². The maximum atomic E-state index is 16.5. The highest BCUT2D eigenvalue weighted by atomic mass is 31.2.